The second-order valence-corrected chi connectivity index (χ2v) is 5.18. The Hall–Kier alpha value is -1.53. The van der Waals surface area contributed by atoms with Crippen LogP contribution in [0.5, 0.6) is 5.75 Å². The first-order chi connectivity index (χ1) is 8.56. The standard InChI is InChI=1S/C12H12F2N2OS/c1-7-16-6-9(18-7)5-15-4-8-2-10(13)12(17)11(14)3-8/h2-3,6,15,17H,4-5H2,1H3. The van der Waals surface area contributed by atoms with E-state index in [-0.39, 0.29) is 0 Å². The van der Waals surface area contributed by atoms with Gasteiger partial charge in [-0.2, -0.15) is 0 Å². The largest absolute Gasteiger partial charge is 0.503 e. The van der Waals surface area contributed by atoms with Gasteiger partial charge in [0, 0.05) is 24.2 Å². The Morgan fingerprint density at radius 1 is 1.28 bits per heavy atom. The summed E-state index contributed by atoms with van der Waals surface area (Å²) < 4.78 is 26.1. The predicted molar refractivity (Wildman–Crippen MR) is 65.4 cm³/mol. The molecule has 0 saturated carbocycles. The number of rotatable bonds is 4. The fourth-order valence-corrected chi connectivity index (χ4v) is 2.30. The van der Waals surface area contributed by atoms with Gasteiger partial charge in [-0.1, -0.05) is 0 Å². The lowest BCUT2D eigenvalue weighted by Crippen LogP contribution is -2.12. The van der Waals surface area contributed by atoms with Crippen molar-refractivity contribution < 1.29 is 13.9 Å². The van der Waals surface area contributed by atoms with Crippen LogP contribution in [0.25, 0.3) is 0 Å². The first-order valence-corrected chi connectivity index (χ1v) is 6.17. The van der Waals surface area contributed by atoms with Gasteiger partial charge in [-0.15, -0.1) is 11.3 Å². The highest BCUT2D eigenvalue weighted by Crippen LogP contribution is 2.21. The summed E-state index contributed by atoms with van der Waals surface area (Å²) in [5, 5.41) is 13.0. The van der Waals surface area contributed by atoms with E-state index in [4.69, 9.17) is 5.11 Å². The highest BCUT2D eigenvalue weighted by Gasteiger charge is 2.09. The highest BCUT2D eigenvalue weighted by molar-refractivity contribution is 7.11. The molecule has 0 fully saturated rings. The molecule has 0 spiro atoms. The molecule has 1 heterocycles. The minimum absolute atomic E-state index is 0.324. The van der Waals surface area contributed by atoms with E-state index in [1.165, 1.54) is 0 Å². The normalized spacial score (nSPS) is 10.8. The number of phenols is 1. The van der Waals surface area contributed by atoms with Crippen molar-refractivity contribution in [1.29, 1.82) is 0 Å². The van der Waals surface area contributed by atoms with Gasteiger partial charge in [0.15, 0.2) is 17.4 Å². The molecule has 96 valence electrons. The number of hydrogen-bond donors (Lipinski definition) is 2. The molecule has 0 aliphatic heterocycles. The average molecular weight is 270 g/mol. The Morgan fingerprint density at radius 3 is 2.50 bits per heavy atom. The third-order valence-electron chi connectivity index (χ3n) is 2.37. The molecule has 2 aromatic rings. The summed E-state index contributed by atoms with van der Waals surface area (Å²) in [6, 6.07) is 2.23. The first kappa shape index (κ1) is 12.9. The minimum atomic E-state index is -0.944. The fraction of sp³-hybridized carbons (Fsp3) is 0.250. The number of nitrogens with one attached hydrogen (secondary N) is 1. The lowest BCUT2D eigenvalue weighted by atomic mass is 10.2. The number of aryl methyl sites for hydroxylation is 1. The summed E-state index contributed by atoms with van der Waals surface area (Å²) in [5.41, 5.74) is 0.448. The molecular formula is C12H12F2N2OS. The van der Waals surface area contributed by atoms with Crippen molar-refractivity contribution in [1.82, 2.24) is 10.3 Å². The van der Waals surface area contributed by atoms with Crippen LogP contribution in [0.2, 0.25) is 0 Å². The third-order valence-corrected chi connectivity index (χ3v) is 3.29. The Morgan fingerprint density at radius 2 is 1.94 bits per heavy atom. The molecule has 6 heteroatoms. The third kappa shape index (κ3) is 3.02. The quantitative estimate of drug-likeness (QED) is 0.898. The van der Waals surface area contributed by atoms with Gasteiger partial charge < -0.3 is 10.4 Å². The zero-order chi connectivity index (χ0) is 13.1. The Bertz CT molecular complexity index is 534. The zero-order valence-electron chi connectivity index (χ0n) is 9.70. The second kappa shape index (κ2) is 5.41. The maximum Gasteiger partial charge on any atom is 0.187 e. The Balaban J connectivity index is 1.94. The molecule has 0 aliphatic rings. The van der Waals surface area contributed by atoms with E-state index in [0.29, 0.717) is 18.7 Å². The van der Waals surface area contributed by atoms with Gasteiger partial charge in [0.25, 0.3) is 0 Å². The van der Waals surface area contributed by atoms with Crippen molar-refractivity contribution >= 4 is 11.3 Å². The van der Waals surface area contributed by atoms with Crippen LogP contribution in [0.3, 0.4) is 0 Å². The van der Waals surface area contributed by atoms with Crippen LogP contribution < -0.4 is 5.32 Å². The summed E-state index contributed by atoms with van der Waals surface area (Å²) in [5.74, 6) is -2.82. The van der Waals surface area contributed by atoms with Gasteiger partial charge in [-0.05, 0) is 24.6 Å². The molecule has 2 N–H and O–H groups in total. The predicted octanol–water partition coefficient (Wildman–Crippen LogP) is 2.73. The SMILES string of the molecule is Cc1ncc(CNCc2cc(F)c(O)c(F)c2)s1. The summed E-state index contributed by atoms with van der Waals surface area (Å²) in [7, 11) is 0. The van der Waals surface area contributed by atoms with Crippen LogP contribution in [0, 0.1) is 18.6 Å². The smallest absolute Gasteiger partial charge is 0.187 e. The lowest BCUT2D eigenvalue weighted by molar-refractivity contribution is 0.395. The van der Waals surface area contributed by atoms with Crippen LogP contribution in [0.4, 0.5) is 8.78 Å². The minimum Gasteiger partial charge on any atom is -0.503 e. The van der Waals surface area contributed by atoms with Crippen molar-refractivity contribution in [3.05, 3.63) is 45.4 Å². The number of phenolic OH excluding ortho intramolecular Hbond substituents is 1. The average Bonchev–Trinajstić information content (AvgIpc) is 2.72. The Kier molecular flexibility index (Phi) is 3.88. The van der Waals surface area contributed by atoms with Gasteiger partial charge in [0.05, 0.1) is 5.01 Å². The van der Waals surface area contributed by atoms with Gasteiger partial charge in [-0.25, -0.2) is 13.8 Å². The van der Waals surface area contributed by atoms with E-state index in [1.54, 1.807) is 17.5 Å². The van der Waals surface area contributed by atoms with Crippen molar-refractivity contribution in [2.24, 2.45) is 0 Å². The summed E-state index contributed by atoms with van der Waals surface area (Å²) >= 11 is 1.57. The van der Waals surface area contributed by atoms with E-state index in [1.807, 2.05) is 6.92 Å². The summed E-state index contributed by atoms with van der Waals surface area (Å²) in [6.07, 6.45) is 1.77. The molecule has 1 aromatic heterocycles. The van der Waals surface area contributed by atoms with Crippen molar-refractivity contribution in [2.45, 2.75) is 20.0 Å². The number of thiazole rings is 1. The molecule has 0 aliphatic carbocycles. The van der Waals surface area contributed by atoms with Gasteiger partial charge in [0.1, 0.15) is 0 Å². The zero-order valence-corrected chi connectivity index (χ0v) is 10.5. The van der Waals surface area contributed by atoms with Gasteiger partial charge >= 0.3 is 0 Å². The molecular weight excluding hydrogens is 258 g/mol. The van der Waals surface area contributed by atoms with Crippen molar-refractivity contribution in [3.8, 4) is 5.75 Å². The van der Waals surface area contributed by atoms with Crippen molar-refractivity contribution in [2.75, 3.05) is 0 Å². The molecule has 0 unspecified atom stereocenters. The van der Waals surface area contributed by atoms with Crippen LogP contribution in [0.15, 0.2) is 18.3 Å². The molecule has 3 nitrogen and oxygen atoms in total. The Labute approximate surface area is 107 Å². The number of nitrogens with zero attached hydrogens (tertiary/aromatic N) is 1. The molecule has 0 amide bonds. The first-order valence-electron chi connectivity index (χ1n) is 5.35. The summed E-state index contributed by atoms with van der Waals surface area (Å²) in [4.78, 5) is 5.17. The van der Waals surface area contributed by atoms with Crippen LogP contribution in [0.1, 0.15) is 15.4 Å². The van der Waals surface area contributed by atoms with Gasteiger partial charge in [-0.3, -0.25) is 0 Å². The number of aromatic nitrogens is 1. The van der Waals surface area contributed by atoms with E-state index in [0.717, 1.165) is 22.0 Å². The van der Waals surface area contributed by atoms with E-state index in [2.05, 4.69) is 10.3 Å². The molecule has 2 rings (SSSR count). The maximum absolute atomic E-state index is 13.1. The highest BCUT2D eigenvalue weighted by atomic mass is 32.1. The van der Waals surface area contributed by atoms with E-state index >= 15 is 0 Å². The topological polar surface area (TPSA) is 45.2 Å². The van der Waals surface area contributed by atoms with Gasteiger partial charge in [0.2, 0.25) is 0 Å². The molecule has 0 atom stereocenters. The van der Waals surface area contributed by atoms with Crippen LogP contribution >= 0.6 is 11.3 Å². The number of halogens is 2. The molecule has 0 bridgehead atoms. The molecule has 0 saturated heterocycles. The fourth-order valence-electron chi connectivity index (χ4n) is 1.54. The molecule has 18 heavy (non-hydrogen) atoms. The van der Waals surface area contributed by atoms with Crippen LogP contribution in [-0.4, -0.2) is 10.1 Å². The van der Waals surface area contributed by atoms with Crippen molar-refractivity contribution in [3.63, 3.8) is 0 Å². The number of benzene rings is 1. The van der Waals surface area contributed by atoms with E-state index in [9.17, 15) is 8.78 Å². The number of aromatic hydroxyl groups is 1. The van der Waals surface area contributed by atoms with Crippen LogP contribution in [-0.2, 0) is 13.1 Å². The lowest BCUT2D eigenvalue weighted by Gasteiger charge is -2.05. The second-order valence-electron chi connectivity index (χ2n) is 3.86. The molecule has 1 aromatic carbocycles. The number of hydrogen-bond acceptors (Lipinski definition) is 4. The summed E-state index contributed by atoms with van der Waals surface area (Å²) in [6.45, 7) is 2.83. The van der Waals surface area contributed by atoms with E-state index < -0.39 is 17.4 Å². The maximum atomic E-state index is 13.1. The molecule has 0 radical (unpaired) electrons. The monoisotopic (exact) mass is 270 g/mol.